The van der Waals surface area contributed by atoms with E-state index in [1.54, 1.807) is 23.1 Å². The molecule has 8 nitrogen and oxygen atoms in total. The van der Waals surface area contributed by atoms with E-state index in [2.05, 4.69) is 94.2 Å². The van der Waals surface area contributed by atoms with Gasteiger partial charge >= 0.3 is 0 Å². The molecule has 0 fully saturated rings. The molecule has 54 heavy (non-hydrogen) atoms. The quantitative estimate of drug-likeness (QED) is 0.0351. The molecule has 1 atom stereocenters. The van der Waals surface area contributed by atoms with Crippen LogP contribution in [-0.4, -0.2) is 24.8 Å². The van der Waals surface area contributed by atoms with Crippen molar-refractivity contribution in [3.05, 3.63) is 149 Å². The Labute approximate surface area is 328 Å². The topological polar surface area (TPSA) is 106 Å². The smallest absolute Gasteiger partial charge is 0.263 e. The minimum absolute atomic E-state index is 0.197. The summed E-state index contributed by atoms with van der Waals surface area (Å²) in [5.74, 6) is 0. The van der Waals surface area contributed by atoms with E-state index < -0.39 is 15.4 Å². The van der Waals surface area contributed by atoms with Crippen LogP contribution >= 0.6 is 35.1 Å². The molecule has 0 saturated heterocycles. The molecule has 2 heterocycles. The molecule has 0 radical (unpaired) electrons. The van der Waals surface area contributed by atoms with Gasteiger partial charge in [-0.15, -0.1) is 0 Å². The first-order valence-corrected chi connectivity index (χ1v) is 21.3. The minimum atomic E-state index is -4.43. The fourth-order valence-corrected chi connectivity index (χ4v) is 9.52. The monoisotopic (exact) mass is 793 g/mol. The van der Waals surface area contributed by atoms with Crippen molar-refractivity contribution in [1.82, 2.24) is 0 Å². The molecule has 5 aromatic carbocycles. The van der Waals surface area contributed by atoms with Crippen LogP contribution in [0, 0.1) is 0 Å². The lowest BCUT2D eigenvalue weighted by atomic mass is 10.0. The number of benzene rings is 5. The normalized spacial score (nSPS) is 14.6. The zero-order valence-electron chi connectivity index (χ0n) is 29.6. The molecule has 0 N–H and O–H groups in total. The molecule has 1 aliphatic heterocycles. The third kappa shape index (κ3) is 8.67. The van der Waals surface area contributed by atoms with Gasteiger partial charge in [-0.1, -0.05) is 121 Å². The van der Waals surface area contributed by atoms with Gasteiger partial charge in [0, 0.05) is 39.3 Å². The molecule has 7 rings (SSSR count). The van der Waals surface area contributed by atoms with Crippen LogP contribution < -0.4 is 14.7 Å². The molecule has 0 amide bonds. The maximum absolute atomic E-state index is 11.9. The largest absolute Gasteiger partial charge is 0.748 e. The second kappa shape index (κ2) is 17.1. The molecule has 1 unspecified atom stereocenters. The SMILES string of the molecule is CCC(=Cc1sc2ccc(-c3ccccc3)cc2[n+]1Cc1ccccc1SOO[O-])C=C1Sc2ccc(-c3ccccc3)cc2N1CCC(C)S(=O)(=O)[O-]. The molecule has 1 aromatic heterocycles. The number of aromatic nitrogens is 1. The summed E-state index contributed by atoms with van der Waals surface area (Å²) in [4.78, 5) is 3.98. The van der Waals surface area contributed by atoms with E-state index in [-0.39, 0.29) is 6.42 Å². The van der Waals surface area contributed by atoms with Gasteiger partial charge in [0.15, 0.2) is 6.54 Å². The Balaban J connectivity index is 1.31. The maximum Gasteiger partial charge on any atom is 0.263 e. The second-order valence-corrected chi connectivity index (χ2v) is 17.5. The summed E-state index contributed by atoms with van der Waals surface area (Å²) in [6, 6.07) is 41.1. The molecule has 0 spiro atoms. The summed E-state index contributed by atoms with van der Waals surface area (Å²) in [7, 11) is -4.43. The van der Waals surface area contributed by atoms with E-state index in [1.165, 1.54) is 6.92 Å². The van der Waals surface area contributed by atoms with Gasteiger partial charge in [-0.2, -0.15) is 8.90 Å². The summed E-state index contributed by atoms with van der Waals surface area (Å²) in [5.41, 5.74) is 8.48. The van der Waals surface area contributed by atoms with Crippen molar-refractivity contribution in [2.75, 3.05) is 11.4 Å². The van der Waals surface area contributed by atoms with Gasteiger partial charge < -0.3 is 14.7 Å². The van der Waals surface area contributed by atoms with Crippen molar-refractivity contribution in [2.45, 2.75) is 48.3 Å². The first-order chi connectivity index (χ1) is 26.2. The van der Waals surface area contributed by atoms with Gasteiger partial charge in [0.2, 0.25) is 5.52 Å². The summed E-state index contributed by atoms with van der Waals surface area (Å²) in [6.45, 7) is 4.49. The number of thioether (sulfide) groups is 1. The third-order valence-electron chi connectivity index (χ3n) is 9.41. The molecular weight excluding hydrogens is 757 g/mol. The molecule has 6 aromatic rings. The zero-order valence-corrected chi connectivity index (χ0v) is 32.9. The number of anilines is 1. The van der Waals surface area contributed by atoms with Crippen LogP contribution in [0.15, 0.2) is 148 Å². The Morgan fingerprint density at radius 2 is 1.56 bits per heavy atom. The van der Waals surface area contributed by atoms with Crippen LogP contribution in [0.4, 0.5) is 5.69 Å². The highest BCUT2D eigenvalue weighted by Crippen LogP contribution is 2.48. The van der Waals surface area contributed by atoms with E-state index in [9.17, 15) is 18.2 Å². The third-order valence-corrected chi connectivity index (χ3v) is 13.6. The van der Waals surface area contributed by atoms with Gasteiger partial charge in [0.25, 0.3) is 5.01 Å². The van der Waals surface area contributed by atoms with Crippen molar-refractivity contribution >= 4 is 67.2 Å². The first kappa shape index (κ1) is 38.1. The molecule has 0 aliphatic carbocycles. The van der Waals surface area contributed by atoms with Crippen LogP contribution in [0.25, 0.3) is 38.5 Å². The zero-order chi connectivity index (χ0) is 37.7. The Kier molecular flexibility index (Phi) is 12.0. The Morgan fingerprint density at radius 1 is 0.889 bits per heavy atom. The van der Waals surface area contributed by atoms with Crippen LogP contribution in [0.3, 0.4) is 0 Å². The Morgan fingerprint density at radius 3 is 2.24 bits per heavy atom. The van der Waals surface area contributed by atoms with Crippen molar-refractivity contribution in [1.29, 1.82) is 0 Å². The van der Waals surface area contributed by atoms with Gasteiger partial charge in [-0.05, 0) is 77.9 Å². The number of fused-ring (bicyclic) bond motifs is 2. The van der Waals surface area contributed by atoms with E-state index >= 15 is 0 Å². The lowest BCUT2D eigenvalue weighted by molar-refractivity contribution is -0.777. The standard InChI is InChI=1S/C42H38N2O6S4/c1-3-30(24-41-43(23-22-29(2)54(46,47)48)36-26-33(18-20-39(36)51-41)31-12-6-4-7-13-31)25-42-44(28-35-16-10-11-17-38(35)53-50-49-45)37-27-34(19-21-40(37)52-42)32-14-8-5-9-15-32/h4-21,24-27,29H,3,22-23,28H2,1-2H3,(H-,45,46,47,48)/p-1. The number of hydrogen-bond acceptors (Lipinski definition) is 10. The van der Waals surface area contributed by atoms with Crippen LogP contribution in [0.2, 0.25) is 0 Å². The lowest BCUT2D eigenvalue weighted by Crippen LogP contribution is -2.36. The summed E-state index contributed by atoms with van der Waals surface area (Å²) >= 11 is 4.23. The van der Waals surface area contributed by atoms with Crippen LogP contribution in [-0.2, 0) is 26.0 Å². The highest BCUT2D eigenvalue weighted by atomic mass is 32.2. The average molecular weight is 794 g/mol. The van der Waals surface area contributed by atoms with Crippen LogP contribution in [0.5, 0.6) is 0 Å². The van der Waals surface area contributed by atoms with Gasteiger partial charge in [0.1, 0.15) is 4.70 Å². The highest BCUT2D eigenvalue weighted by Gasteiger charge is 2.28. The molecule has 0 saturated carbocycles. The van der Waals surface area contributed by atoms with Crippen molar-refractivity contribution in [3.63, 3.8) is 0 Å². The van der Waals surface area contributed by atoms with Gasteiger partial charge in [-0.3, -0.25) is 5.04 Å². The van der Waals surface area contributed by atoms with Gasteiger partial charge in [0.05, 0.1) is 32.9 Å². The minimum Gasteiger partial charge on any atom is -0.748 e. The van der Waals surface area contributed by atoms with E-state index in [0.717, 1.165) is 87.6 Å². The maximum atomic E-state index is 11.9. The van der Waals surface area contributed by atoms with Crippen molar-refractivity contribution in [2.24, 2.45) is 0 Å². The number of rotatable bonds is 14. The Hall–Kier alpha value is -4.24. The molecule has 0 bridgehead atoms. The van der Waals surface area contributed by atoms with Crippen molar-refractivity contribution in [3.8, 4) is 22.3 Å². The van der Waals surface area contributed by atoms with Crippen LogP contribution in [0.1, 0.15) is 37.3 Å². The lowest BCUT2D eigenvalue weighted by Gasteiger charge is -2.24. The number of allylic oxidation sites excluding steroid dienone is 2. The summed E-state index contributed by atoms with van der Waals surface area (Å²) in [5, 5.41) is 15.4. The average Bonchev–Trinajstić information content (AvgIpc) is 3.71. The number of nitrogens with zero attached hydrogens (tertiary/aromatic N) is 2. The predicted molar refractivity (Wildman–Crippen MR) is 216 cm³/mol. The van der Waals surface area contributed by atoms with Gasteiger partial charge in [-0.25, -0.2) is 8.42 Å². The summed E-state index contributed by atoms with van der Waals surface area (Å²) < 4.78 is 43.9. The summed E-state index contributed by atoms with van der Waals surface area (Å²) in [6.07, 6.45) is 5.33. The molecule has 12 heteroatoms. The molecular formula is C42H37N2O6S4-. The fourth-order valence-electron chi connectivity index (χ4n) is 6.39. The molecule has 276 valence electrons. The number of hydrogen-bond donors (Lipinski definition) is 0. The predicted octanol–water partition coefficient (Wildman–Crippen LogP) is 9.37. The first-order valence-electron chi connectivity index (χ1n) is 17.5. The van der Waals surface area contributed by atoms with E-state index in [1.807, 2.05) is 60.7 Å². The fraction of sp³-hybridized carbons (Fsp3) is 0.167. The highest BCUT2D eigenvalue weighted by molar-refractivity contribution is 8.03. The second-order valence-electron chi connectivity index (χ2n) is 12.9. The Bertz CT molecular complexity index is 2430. The van der Waals surface area contributed by atoms with Crippen molar-refractivity contribution < 1.29 is 32.2 Å². The molecule has 1 aliphatic rings. The van der Waals surface area contributed by atoms with E-state index in [0.29, 0.717) is 13.1 Å². The van der Waals surface area contributed by atoms with E-state index in [4.69, 9.17) is 4.33 Å². The number of thiazole rings is 1.